The van der Waals surface area contributed by atoms with Crippen LogP contribution in [-0.4, -0.2) is 30.2 Å². The van der Waals surface area contributed by atoms with E-state index in [-0.39, 0.29) is 17.7 Å². The van der Waals surface area contributed by atoms with Crippen molar-refractivity contribution in [3.63, 3.8) is 0 Å². The van der Waals surface area contributed by atoms with E-state index in [4.69, 9.17) is 21.1 Å². The first-order valence-corrected chi connectivity index (χ1v) is 11.7. The fourth-order valence-corrected chi connectivity index (χ4v) is 5.02. The highest BCUT2D eigenvalue weighted by Crippen LogP contribution is 2.31. The molecule has 0 fully saturated rings. The van der Waals surface area contributed by atoms with Crippen LogP contribution in [0.4, 0.5) is 0 Å². The molecule has 1 unspecified atom stereocenters. The van der Waals surface area contributed by atoms with Crippen molar-refractivity contribution in [3.8, 4) is 0 Å². The van der Waals surface area contributed by atoms with Gasteiger partial charge in [0.2, 0.25) is 0 Å². The normalized spacial score (nSPS) is 15.5. The lowest BCUT2D eigenvalue weighted by atomic mass is 9.95. The maximum atomic E-state index is 13.5. The van der Waals surface area contributed by atoms with Crippen molar-refractivity contribution in [2.45, 2.75) is 19.9 Å². The molecular weight excluding hydrogens is 476 g/mol. The van der Waals surface area contributed by atoms with Gasteiger partial charge in [-0.15, -0.1) is 0 Å². The first-order chi connectivity index (χ1) is 16.3. The molecule has 7 nitrogen and oxygen atoms in total. The Balaban J connectivity index is 1.92. The lowest BCUT2D eigenvalue weighted by Crippen LogP contribution is -2.40. The SMILES string of the molecule is CCOC(=O)C1=C(C)N=c2sc(=Cc3cccc(Cl)c3)c(=O)n2C1c1ccc(C(=O)OC)cc1. The molecule has 1 aliphatic rings. The molecule has 0 aliphatic carbocycles. The highest BCUT2D eigenvalue weighted by atomic mass is 35.5. The largest absolute Gasteiger partial charge is 0.465 e. The minimum Gasteiger partial charge on any atom is -0.465 e. The molecule has 3 aromatic rings. The number of thiazole rings is 1. The molecule has 4 rings (SSSR count). The molecule has 0 spiro atoms. The van der Waals surface area contributed by atoms with Crippen LogP contribution in [0.5, 0.6) is 0 Å². The van der Waals surface area contributed by atoms with E-state index < -0.39 is 18.0 Å². The Kier molecular flexibility index (Phi) is 6.81. The zero-order chi connectivity index (χ0) is 24.4. The Hall–Kier alpha value is -3.49. The van der Waals surface area contributed by atoms with Crippen molar-refractivity contribution in [2.75, 3.05) is 13.7 Å². The van der Waals surface area contributed by atoms with Gasteiger partial charge in [0, 0.05) is 5.02 Å². The predicted octanol–water partition coefficient (Wildman–Crippen LogP) is 3.24. The molecule has 0 N–H and O–H groups in total. The number of carbonyl (C=O) groups excluding carboxylic acids is 2. The van der Waals surface area contributed by atoms with Crippen LogP contribution in [0.3, 0.4) is 0 Å². The number of methoxy groups -OCH3 is 1. The molecule has 1 aliphatic heterocycles. The summed E-state index contributed by atoms with van der Waals surface area (Å²) in [5.41, 5.74) is 2.22. The molecule has 1 atom stereocenters. The average Bonchev–Trinajstić information content (AvgIpc) is 3.12. The smallest absolute Gasteiger partial charge is 0.338 e. The van der Waals surface area contributed by atoms with Crippen LogP contribution >= 0.6 is 22.9 Å². The van der Waals surface area contributed by atoms with Gasteiger partial charge in [-0.25, -0.2) is 14.6 Å². The lowest BCUT2D eigenvalue weighted by molar-refractivity contribution is -0.139. The zero-order valence-electron chi connectivity index (χ0n) is 18.7. The summed E-state index contributed by atoms with van der Waals surface area (Å²) in [5, 5.41) is 0.561. The minimum absolute atomic E-state index is 0.183. The molecule has 9 heteroatoms. The van der Waals surface area contributed by atoms with Gasteiger partial charge >= 0.3 is 11.9 Å². The number of fused-ring (bicyclic) bond motifs is 1. The van der Waals surface area contributed by atoms with Gasteiger partial charge in [0.15, 0.2) is 4.80 Å². The number of hydrogen-bond acceptors (Lipinski definition) is 7. The third kappa shape index (κ3) is 4.47. The van der Waals surface area contributed by atoms with Gasteiger partial charge in [0.05, 0.1) is 41.1 Å². The van der Waals surface area contributed by atoms with E-state index in [0.717, 1.165) is 5.56 Å². The number of ether oxygens (including phenoxy) is 2. The molecule has 1 aromatic heterocycles. The highest BCUT2D eigenvalue weighted by Gasteiger charge is 2.33. The molecule has 174 valence electrons. The summed E-state index contributed by atoms with van der Waals surface area (Å²) in [7, 11) is 1.30. The Morgan fingerprint density at radius 2 is 1.91 bits per heavy atom. The van der Waals surface area contributed by atoms with E-state index in [1.165, 1.54) is 23.0 Å². The third-order valence-corrected chi connectivity index (χ3v) is 6.53. The van der Waals surface area contributed by atoms with Crippen LogP contribution in [0, 0.1) is 0 Å². The van der Waals surface area contributed by atoms with Gasteiger partial charge in [0.1, 0.15) is 0 Å². The van der Waals surface area contributed by atoms with E-state index in [2.05, 4.69) is 4.99 Å². The number of allylic oxidation sites excluding steroid dienone is 1. The van der Waals surface area contributed by atoms with Crippen LogP contribution in [0.1, 0.15) is 41.4 Å². The molecule has 0 saturated heterocycles. The third-order valence-electron chi connectivity index (χ3n) is 5.31. The lowest BCUT2D eigenvalue weighted by Gasteiger charge is -2.24. The molecule has 34 heavy (non-hydrogen) atoms. The summed E-state index contributed by atoms with van der Waals surface area (Å²) in [6.45, 7) is 3.62. The Morgan fingerprint density at radius 1 is 1.18 bits per heavy atom. The van der Waals surface area contributed by atoms with Crippen LogP contribution in [0.15, 0.2) is 69.6 Å². The molecular formula is C25H21ClN2O5S. The summed E-state index contributed by atoms with van der Waals surface area (Å²) in [6.07, 6.45) is 1.75. The molecule has 2 aromatic carbocycles. The second-order valence-electron chi connectivity index (χ2n) is 7.47. The van der Waals surface area contributed by atoms with Gasteiger partial charge in [-0.2, -0.15) is 0 Å². The number of aromatic nitrogens is 1. The number of carbonyl (C=O) groups is 2. The van der Waals surface area contributed by atoms with E-state index >= 15 is 0 Å². The van der Waals surface area contributed by atoms with Crippen molar-refractivity contribution < 1.29 is 19.1 Å². The highest BCUT2D eigenvalue weighted by molar-refractivity contribution is 7.07. The second-order valence-corrected chi connectivity index (χ2v) is 8.92. The van der Waals surface area contributed by atoms with Crippen molar-refractivity contribution in [3.05, 3.63) is 101 Å². The van der Waals surface area contributed by atoms with Crippen LogP contribution < -0.4 is 14.9 Å². The Labute approximate surface area is 204 Å². The zero-order valence-corrected chi connectivity index (χ0v) is 20.3. The van der Waals surface area contributed by atoms with E-state index in [1.807, 2.05) is 6.07 Å². The van der Waals surface area contributed by atoms with Crippen LogP contribution in [-0.2, 0) is 14.3 Å². The Morgan fingerprint density at radius 3 is 2.56 bits per heavy atom. The monoisotopic (exact) mass is 496 g/mol. The average molecular weight is 497 g/mol. The quantitative estimate of drug-likeness (QED) is 0.506. The van der Waals surface area contributed by atoms with Crippen LogP contribution in [0.25, 0.3) is 6.08 Å². The number of nitrogens with zero attached hydrogens (tertiary/aromatic N) is 2. The Bertz CT molecular complexity index is 1480. The van der Waals surface area contributed by atoms with Crippen molar-refractivity contribution in [1.82, 2.24) is 4.57 Å². The van der Waals surface area contributed by atoms with Gasteiger partial charge in [-0.05, 0) is 55.3 Å². The first kappa shape index (κ1) is 23.7. The molecule has 0 saturated carbocycles. The maximum Gasteiger partial charge on any atom is 0.338 e. The molecule has 0 radical (unpaired) electrons. The fraction of sp³-hybridized carbons (Fsp3) is 0.200. The van der Waals surface area contributed by atoms with E-state index in [1.54, 1.807) is 62.4 Å². The summed E-state index contributed by atoms with van der Waals surface area (Å²) in [6, 6.07) is 13.0. The van der Waals surface area contributed by atoms with Gasteiger partial charge in [-0.1, -0.05) is 47.2 Å². The molecule has 0 amide bonds. The summed E-state index contributed by atoms with van der Waals surface area (Å²) < 4.78 is 12.0. The van der Waals surface area contributed by atoms with Crippen molar-refractivity contribution >= 4 is 41.0 Å². The molecule has 2 heterocycles. The topological polar surface area (TPSA) is 87.0 Å². The van der Waals surface area contributed by atoms with Gasteiger partial charge in [0.25, 0.3) is 5.56 Å². The number of rotatable bonds is 5. The summed E-state index contributed by atoms with van der Waals surface area (Å²) in [5.74, 6) is -1.02. The van der Waals surface area contributed by atoms with Crippen molar-refractivity contribution in [2.24, 2.45) is 4.99 Å². The summed E-state index contributed by atoms with van der Waals surface area (Å²) >= 11 is 7.32. The van der Waals surface area contributed by atoms with Crippen molar-refractivity contribution in [1.29, 1.82) is 0 Å². The number of halogens is 1. The molecule has 0 bridgehead atoms. The minimum atomic E-state index is -0.761. The number of benzene rings is 2. The number of esters is 2. The van der Waals surface area contributed by atoms with E-state index in [9.17, 15) is 14.4 Å². The summed E-state index contributed by atoms with van der Waals surface area (Å²) in [4.78, 5) is 43.3. The fourth-order valence-electron chi connectivity index (χ4n) is 3.77. The standard InChI is InChI=1S/C25H21ClN2O5S/c1-4-33-24(31)20-14(2)27-25-28(21(20)16-8-10-17(11-9-16)23(30)32-3)22(29)19(34-25)13-15-6-5-7-18(26)12-15/h5-13,21H,4H2,1-3H3. The predicted molar refractivity (Wildman–Crippen MR) is 130 cm³/mol. The van der Waals surface area contributed by atoms with Crippen LogP contribution in [0.2, 0.25) is 5.02 Å². The van der Waals surface area contributed by atoms with Gasteiger partial charge in [-0.3, -0.25) is 9.36 Å². The first-order valence-electron chi connectivity index (χ1n) is 10.5. The van der Waals surface area contributed by atoms with E-state index in [0.29, 0.717) is 31.2 Å². The number of hydrogen-bond donors (Lipinski definition) is 0. The van der Waals surface area contributed by atoms with Gasteiger partial charge < -0.3 is 9.47 Å². The maximum absolute atomic E-state index is 13.5. The second kappa shape index (κ2) is 9.79.